The second-order valence-electron chi connectivity index (χ2n) is 7.14. The standard InChI is InChI=1S/C23H24N2O4/c1-15(2)16-8-10-17(11-9-16)19-14-24-21(29-19)13-12-20(26)25-22(23(27)28)18-6-4-3-5-7-18/h3-11,14-15,22H,12-13H2,1-2H3,(H,25,26)(H,27,28)/t22-/m0/s1. The minimum absolute atomic E-state index is 0.0862. The van der Waals surface area contributed by atoms with Crippen molar-refractivity contribution in [1.29, 1.82) is 0 Å². The molecule has 150 valence electrons. The highest BCUT2D eigenvalue weighted by Crippen LogP contribution is 2.24. The third-order valence-electron chi connectivity index (χ3n) is 4.67. The number of carboxylic acids is 1. The van der Waals surface area contributed by atoms with Crippen molar-refractivity contribution in [3.8, 4) is 11.3 Å². The lowest BCUT2D eigenvalue weighted by Gasteiger charge is -2.14. The molecule has 29 heavy (non-hydrogen) atoms. The molecular weight excluding hydrogens is 368 g/mol. The molecular formula is C23H24N2O4. The van der Waals surface area contributed by atoms with Gasteiger partial charge < -0.3 is 14.8 Å². The van der Waals surface area contributed by atoms with Gasteiger partial charge in [0.2, 0.25) is 5.91 Å². The van der Waals surface area contributed by atoms with E-state index in [4.69, 9.17) is 4.42 Å². The molecule has 1 amide bonds. The Morgan fingerprint density at radius 1 is 1.03 bits per heavy atom. The molecule has 0 spiro atoms. The van der Waals surface area contributed by atoms with Crippen LogP contribution in [0.25, 0.3) is 11.3 Å². The predicted molar refractivity (Wildman–Crippen MR) is 109 cm³/mol. The minimum Gasteiger partial charge on any atom is -0.479 e. The number of oxazole rings is 1. The van der Waals surface area contributed by atoms with Gasteiger partial charge in [0.1, 0.15) is 0 Å². The SMILES string of the molecule is CC(C)c1ccc(-c2cnc(CCC(=O)N[C@H](C(=O)O)c3ccccc3)o2)cc1. The fraction of sp³-hybridized carbons (Fsp3) is 0.261. The Hall–Kier alpha value is -3.41. The van der Waals surface area contributed by atoms with Crippen LogP contribution in [0.3, 0.4) is 0 Å². The number of benzene rings is 2. The number of carbonyl (C=O) groups excluding carboxylic acids is 1. The minimum atomic E-state index is -1.10. The van der Waals surface area contributed by atoms with E-state index in [1.54, 1.807) is 36.5 Å². The maximum absolute atomic E-state index is 12.2. The van der Waals surface area contributed by atoms with Crippen LogP contribution in [0.1, 0.15) is 49.2 Å². The number of aryl methyl sites for hydroxylation is 1. The van der Waals surface area contributed by atoms with Gasteiger partial charge in [-0.05, 0) is 17.0 Å². The molecule has 3 rings (SSSR count). The van der Waals surface area contributed by atoms with Crippen molar-refractivity contribution in [2.75, 3.05) is 0 Å². The van der Waals surface area contributed by atoms with Gasteiger partial charge in [0, 0.05) is 18.4 Å². The van der Waals surface area contributed by atoms with Gasteiger partial charge in [-0.15, -0.1) is 0 Å². The molecule has 0 radical (unpaired) electrons. The van der Waals surface area contributed by atoms with Gasteiger partial charge in [0.05, 0.1) is 6.20 Å². The molecule has 2 aromatic carbocycles. The Bertz CT molecular complexity index is 962. The Labute approximate surface area is 169 Å². The highest BCUT2D eigenvalue weighted by Gasteiger charge is 2.22. The molecule has 3 aromatic rings. The predicted octanol–water partition coefficient (Wildman–Crippen LogP) is 4.34. The van der Waals surface area contributed by atoms with Crippen molar-refractivity contribution in [3.05, 3.63) is 77.8 Å². The second-order valence-corrected chi connectivity index (χ2v) is 7.14. The number of hydrogen-bond donors (Lipinski definition) is 2. The summed E-state index contributed by atoms with van der Waals surface area (Å²) in [5.41, 5.74) is 2.70. The number of aromatic nitrogens is 1. The average Bonchev–Trinajstić information content (AvgIpc) is 3.20. The first-order valence-electron chi connectivity index (χ1n) is 9.56. The van der Waals surface area contributed by atoms with Gasteiger partial charge in [-0.2, -0.15) is 0 Å². The number of nitrogens with zero attached hydrogens (tertiary/aromatic N) is 1. The lowest BCUT2D eigenvalue weighted by molar-refractivity contribution is -0.142. The number of hydrogen-bond acceptors (Lipinski definition) is 4. The highest BCUT2D eigenvalue weighted by atomic mass is 16.4. The molecule has 6 heteroatoms. The average molecular weight is 392 g/mol. The van der Waals surface area contributed by atoms with Crippen molar-refractivity contribution < 1.29 is 19.1 Å². The van der Waals surface area contributed by atoms with Gasteiger partial charge in [-0.3, -0.25) is 4.79 Å². The lowest BCUT2D eigenvalue weighted by Crippen LogP contribution is -2.33. The first-order valence-corrected chi connectivity index (χ1v) is 9.56. The van der Waals surface area contributed by atoms with E-state index in [0.717, 1.165) is 5.56 Å². The van der Waals surface area contributed by atoms with Gasteiger partial charge in [0.15, 0.2) is 17.7 Å². The fourth-order valence-corrected chi connectivity index (χ4v) is 2.98. The summed E-state index contributed by atoms with van der Waals surface area (Å²) in [6.45, 7) is 4.28. The monoisotopic (exact) mass is 392 g/mol. The third kappa shape index (κ3) is 5.31. The largest absolute Gasteiger partial charge is 0.479 e. The Balaban J connectivity index is 1.58. The van der Waals surface area contributed by atoms with Crippen LogP contribution >= 0.6 is 0 Å². The number of rotatable bonds is 8. The molecule has 1 heterocycles. The molecule has 0 saturated heterocycles. The number of carboxylic acid groups (broad SMARTS) is 1. The van der Waals surface area contributed by atoms with Crippen molar-refractivity contribution in [2.45, 2.75) is 38.6 Å². The lowest BCUT2D eigenvalue weighted by atomic mass is 10.0. The van der Waals surface area contributed by atoms with Crippen molar-refractivity contribution >= 4 is 11.9 Å². The summed E-state index contributed by atoms with van der Waals surface area (Å²) < 4.78 is 5.75. The highest BCUT2D eigenvalue weighted by molar-refractivity contribution is 5.84. The van der Waals surface area contributed by atoms with E-state index >= 15 is 0 Å². The van der Waals surface area contributed by atoms with Crippen LogP contribution in [-0.2, 0) is 16.0 Å². The molecule has 0 fully saturated rings. The molecule has 0 saturated carbocycles. The summed E-state index contributed by atoms with van der Waals surface area (Å²) in [6, 6.07) is 15.6. The fourth-order valence-electron chi connectivity index (χ4n) is 2.98. The van der Waals surface area contributed by atoms with Gasteiger partial charge in [-0.25, -0.2) is 9.78 Å². The summed E-state index contributed by atoms with van der Waals surface area (Å²) in [7, 11) is 0. The maximum atomic E-state index is 12.2. The number of amides is 1. The molecule has 0 aliphatic rings. The van der Waals surface area contributed by atoms with E-state index in [-0.39, 0.29) is 18.7 Å². The molecule has 1 atom stereocenters. The van der Waals surface area contributed by atoms with Gasteiger partial charge >= 0.3 is 5.97 Å². The summed E-state index contributed by atoms with van der Waals surface area (Å²) in [5, 5.41) is 11.9. The summed E-state index contributed by atoms with van der Waals surface area (Å²) in [4.78, 5) is 28.0. The van der Waals surface area contributed by atoms with E-state index in [1.165, 1.54) is 5.56 Å². The van der Waals surface area contributed by atoms with E-state index in [9.17, 15) is 14.7 Å². The zero-order valence-corrected chi connectivity index (χ0v) is 16.5. The first kappa shape index (κ1) is 20.3. The molecule has 0 aliphatic heterocycles. The Morgan fingerprint density at radius 2 is 1.72 bits per heavy atom. The number of aliphatic carboxylic acids is 1. The molecule has 0 aliphatic carbocycles. The van der Waals surface area contributed by atoms with Crippen LogP contribution in [0.5, 0.6) is 0 Å². The zero-order chi connectivity index (χ0) is 20.8. The smallest absolute Gasteiger partial charge is 0.330 e. The van der Waals surface area contributed by atoms with E-state index < -0.39 is 12.0 Å². The topological polar surface area (TPSA) is 92.4 Å². The zero-order valence-electron chi connectivity index (χ0n) is 16.5. The van der Waals surface area contributed by atoms with Crippen molar-refractivity contribution in [3.63, 3.8) is 0 Å². The normalized spacial score (nSPS) is 12.0. The van der Waals surface area contributed by atoms with Crippen molar-refractivity contribution in [2.24, 2.45) is 0 Å². The number of carbonyl (C=O) groups is 2. The van der Waals surface area contributed by atoms with E-state index in [2.05, 4.69) is 36.3 Å². The molecule has 0 bridgehead atoms. The first-order chi connectivity index (χ1) is 13.9. The van der Waals surface area contributed by atoms with Crippen molar-refractivity contribution in [1.82, 2.24) is 10.3 Å². The van der Waals surface area contributed by atoms with Crippen LogP contribution in [-0.4, -0.2) is 22.0 Å². The molecule has 6 nitrogen and oxygen atoms in total. The van der Waals surface area contributed by atoms with Crippen LogP contribution in [0.4, 0.5) is 0 Å². The molecule has 2 N–H and O–H groups in total. The van der Waals surface area contributed by atoms with Gasteiger partial charge in [-0.1, -0.05) is 68.4 Å². The van der Waals surface area contributed by atoms with Crippen LogP contribution < -0.4 is 5.32 Å². The Kier molecular flexibility index (Phi) is 6.44. The molecule has 1 aromatic heterocycles. The van der Waals surface area contributed by atoms with Crippen LogP contribution in [0.2, 0.25) is 0 Å². The third-order valence-corrected chi connectivity index (χ3v) is 4.67. The quantitative estimate of drug-likeness (QED) is 0.595. The molecule has 0 unspecified atom stereocenters. The van der Waals surface area contributed by atoms with E-state index in [0.29, 0.717) is 23.1 Å². The summed E-state index contributed by atoms with van der Waals surface area (Å²) in [5.74, 6) is 0.0616. The summed E-state index contributed by atoms with van der Waals surface area (Å²) in [6.07, 6.45) is 2.02. The van der Waals surface area contributed by atoms with E-state index in [1.807, 2.05) is 12.1 Å². The van der Waals surface area contributed by atoms with Crippen LogP contribution in [0, 0.1) is 0 Å². The van der Waals surface area contributed by atoms with Gasteiger partial charge in [0.25, 0.3) is 0 Å². The summed E-state index contributed by atoms with van der Waals surface area (Å²) >= 11 is 0. The Morgan fingerprint density at radius 3 is 2.34 bits per heavy atom. The van der Waals surface area contributed by atoms with Crippen LogP contribution in [0.15, 0.2) is 65.2 Å². The second kappa shape index (κ2) is 9.19. The number of nitrogens with one attached hydrogen (secondary N) is 1. The maximum Gasteiger partial charge on any atom is 0.330 e.